The lowest BCUT2D eigenvalue weighted by Crippen LogP contribution is -2.31. The topological polar surface area (TPSA) is 67.6 Å². The van der Waals surface area contributed by atoms with Gasteiger partial charge in [0.25, 0.3) is 5.91 Å². The predicted molar refractivity (Wildman–Crippen MR) is 111 cm³/mol. The zero-order valence-electron chi connectivity index (χ0n) is 14.7. The second-order valence-corrected chi connectivity index (χ2v) is 6.14. The molecular formula is C19H25Cl2N3O2. The SMILES string of the molecule is COc1cccc(N2CCC(CNC(=O)c3cccc(N)c3)C2)c1.Cl.Cl. The molecule has 1 aliphatic heterocycles. The second-order valence-electron chi connectivity index (χ2n) is 6.14. The van der Waals surface area contributed by atoms with Gasteiger partial charge in [0.2, 0.25) is 0 Å². The van der Waals surface area contributed by atoms with Crippen LogP contribution in [0.2, 0.25) is 0 Å². The van der Waals surface area contributed by atoms with Crippen LogP contribution in [-0.2, 0) is 0 Å². The zero-order chi connectivity index (χ0) is 16.9. The van der Waals surface area contributed by atoms with Gasteiger partial charge in [-0.2, -0.15) is 0 Å². The van der Waals surface area contributed by atoms with Crippen molar-refractivity contribution in [3.63, 3.8) is 0 Å². The van der Waals surface area contributed by atoms with Crippen molar-refractivity contribution in [1.29, 1.82) is 0 Å². The van der Waals surface area contributed by atoms with E-state index in [1.807, 2.05) is 18.2 Å². The Balaban J connectivity index is 0.00000169. The maximum atomic E-state index is 12.2. The van der Waals surface area contributed by atoms with Gasteiger partial charge in [-0.05, 0) is 42.7 Å². The van der Waals surface area contributed by atoms with Crippen LogP contribution in [0.4, 0.5) is 11.4 Å². The van der Waals surface area contributed by atoms with Gasteiger partial charge in [0, 0.05) is 42.6 Å². The molecule has 5 nitrogen and oxygen atoms in total. The fraction of sp³-hybridized carbons (Fsp3) is 0.316. The molecule has 0 saturated carbocycles. The molecule has 7 heteroatoms. The van der Waals surface area contributed by atoms with Crippen LogP contribution >= 0.6 is 24.8 Å². The summed E-state index contributed by atoms with van der Waals surface area (Å²) < 4.78 is 5.28. The molecule has 0 bridgehead atoms. The van der Waals surface area contributed by atoms with E-state index in [4.69, 9.17) is 10.5 Å². The Hall–Kier alpha value is -2.11. The number of carbonyl (C=O) groups excluding carboxylic acids is 1. The molecule has 0 radical (unpaired) electrons. The number of amides is 1. The smallest absolute Gasteiger partial charge is 0.251 e. The summed E-state index contributed by atoms with van der Waals surface area (Å²) in [4.78, 5) is 14.5. The number of nitrogen functional groups attached to an aromatic ring is 1. The molecule has 142 valence electrons. The molecule has 1 atom stereocenters. The molecule has 1 aliphatic rings. The van der Waals surface area contributed by atoms with E-state index in [1.165, 1.54) is 5.69 Å². The van der Waals surface area contributed by atoms with Gasteiger partial charge in [-0.3, -0.25) is 4.79 Å². The minimum Gasteiger partial charge on any atom is -0.497 e. The summed E-state index contributed by atoms with van der Waals surface area (Å²) in [6, 6.07) is 15.1. The number of methoxy groups -OCH3 is 1. The highest BCUT2D eigenvalue weighted by molar-refractivity contribution is 5.94. The van der Waals surface area contributed by atoms with Crippen LogP contribution in [0.5, 0.6) is 5.75 Å². The van der Waals surface area contributed by atoms with Crippen molar-refractivity contribution in [1.82, 2.24) is 5.32 Å². The van der Waals surface area contributed by atoms with Crippen LogP contribution in [0.25, 0.3) is 0 Å². The van der Waals surface area contributed by atoms with Gasteiger partial charge in [-0.15, -0.1) is 24.8 Å². The Bertz CT molecular complexity index is 727. The summed E-state index contributed by atoms with van der Waals surface area (Å²) >= 11 is 0. The van der Waals surface area contributed by atoms with Crippen LogP contribution in [-0.4, -0.2) is 32.7 Å². The van der Waals surface area contributed by atoms with Crippen molar-refractivity contribution >= 4 is 42.1 Å². The lowest BCUT2D eigenvalue weighted by Gasteiger charge is -2.19. The second kappa shape index (κ2) is 10.1. The monoisotopic (exact) mass is 397 g/mol. The van der Waals surface area contributed by atoms with Gasteiger partial charge in [0.05, 0.1) is 7.11 Å². The molecule has 1 heterocycles. The van der Waals surface area contributed by atoms with Crippen LogP contribution in [0.1, 0.15) is 16.8 Å². The number of hydrogen-bond acceptors (Lipinski definition) is 4. The van der Waals surface area contributed by atoms with Crippen LogP contribution in [0.15, 0.2) is 48.5 Å². The lowest BCUT2D eigenvalue weighted by molar-refractivity contribution is 0.0948. The van der Waals surface area contributed by atoms with E-state index in [9.17, 15) is 4.79 Å². The first-order valence-electron chi connectivity index (χ1n) is 8.18. The highest BCUT2D eigenvalue weighted by Gasteiger charge is 2.23. The number of rotatable bonds is 5. The van der Waals surface area contributed by atoms with E-state index in [0.29, 0.717) is 23.7 Å². The molecule has 0 aliphatic carbocycles. The fourth-order valence-corrected chi connectivity index (χ4v) is 3.06. The molecule has 26 heavy (non-hydrogen) atoms. The zero-order valence-corrected chi connectivity index (χ0v) is 16.3. The summed E-state index contributed by atoms with van der Waals surface area (Å²) in [5.74, 6) is 1.24. The fourth-order valence-electron chi connectivity index (χ4n) is 3.06. The number of nitrogens with one attached hydrogen (secondary N) is 1. The molecular weight excluding hydrogens is 373 g/mol. The number of hydrogen-bond donors (Lipinski definition) is 2. The van der Waals surface area contributed by atoms with Crippen molar-refractivity contribution in [2.24, 2.45) is 5.92 Å². The van der Waals surface area contributed by atoms with Crippen LogP contribution in [0, 0.1) is 5.92 Å². The minimum absolute atomic E-state index is 0. The molecule has 0 spiro atoms. The molecule has 1 amide bonds. The van der Waals surface area contributed by atoms with E-state index >= 15 is 0 Å². The van der Waals surface area contributed by atoms with Gasteiger partial charge in [-0.25, -0.2) is 0 Å². The van der Waals surface area contributed by atoms with Gasteiger partial charge in [0.15, 0.2) is 0 Å². The molecule has 1 saturated heterocycles. The average Bonchev–Trinajstić information content (AvgIpc) is 3.09. The number of nitrogens with two attached hydrogens (primary N) is 1. The number of anilines is 2. The lowest BCUT2D eigenvalue weighted by atomic mass is 10.1. The van der Waals surface area contributed by atoms with E-state index in [0.717, 1.165) is 25.3 Å². The van der Waals surface area contributed by atoms with Crippen molar-refractivity contribution in [2.75, 3.05) is 37.4 Å². The first-order valence-corrected chi connectivity index (χ1v) is 8.18. The third-order valence-corrected chi connectivity index (χ3v) is 4.40. The van der Waals surface area contributed by atoms with Crippen LogP contribution < -0.4 is 20.7 Å². The average molecular weight is 398 g/mol. The Morgan fingerprint density at radius 3 is 2.73 bits per heavy atom. The van der Waals surface area contributed by atoms with Gasteiger partial charge >= 0.3 is 0 Å². The Kier molecular flexibility index (Phi) is 8.55. The van der Waals surface area contributed by atoms with Crippen molar-refractivity contribution in [3.05, 3.63) is 54.1 Å². The van der Waals surface area contributed by atoms with E-state index in [2.05, 4.69) is 16.3 Å². The standard InChI is InChI=1S/C19H23N3O2.2ClH/c1-24-18-7-3-6-17(11-18)22-9-8-14(13-22)12-21-19(23)15-4-2-5-16(20)10-15;;/h2-7,10-11,14H,8-9,12-13,20H2,1H3,(H,21,23);2*1H. The first-order chi connectivity index (χ1) is 11.7. The van der Waals surface area contributed by atoms with Gasteiger partial charge in [-0.1, -0.05) is 12.1 Å². The summed E-state index contributed by atoms with van der Waals surface area (Å²) in [6.07, 6.45) is 1.06. The third-order valence-electron chi connectivity index (χ3n) is 4.40. The van der Waals surface area contributed by atoms with Gasteiger partial charge in [0.1, 0.15) is 5.75 Å². The van der Waals surface area contributed by atoms with Crippen molar-refractivity contribution in [2.45, 2.75) is 6.42 Å². The largest absolute Gasteiger partial charge is 0.497 e. The highest BCUT2D eigenvalue weighted by Crippen LogP contribution is 2.26. The quantitative estimate of drug-likeness (QED) is 0.758. The maximum Gasteiger partial charge on any atom is 0.251 e. The molecule has 2 aromatic carbocycles. The number of ether oxygens (including phenoxy) is 1. The molecule has 1 fully saturated rings. The Labute approximate surface area is 166 Å². The third kappa shape index (κ3) is 5.44. The number of carbonyl (C=O) groups is 1. The summed E-state index contributed by atoms with van der Waals surface area (Å²) in [5.41, 5.74) is 8.10. The summed E-state index contributed by atoms with van der Waals surface area (Å²) in [5, 5.41) is 3.02. The maximum absolute atomic E-state index is 12.2. The summed E-state index contributed by atoms with van der Waals surface area (Å²) in [7, 11) is 1.68. The number of halogens is 2. The predicted octanol–water partition coefficient (Wildman–Crippen LogP) is 3.38. The van der Waals surface area contributed by atoms with Gasteiger partial charge < -0.3 is 20.7 Å². The Morgan fingerprint density at radius 2 is 2.00 bits per heavy atom. The highest BCUT2D eigenvalue weighted by atomic mass is 35.5. The number of benzene rings is 2. The molecule has 3 N–H and O–H groups in total. The van der Waals surface area contributed by atoms with Crippen LogP contribution in [0.3, 0.4) is 0 Å². The molecule has 0 aromatic heterocycles. The first kappa shape index (κ1) is 21.9. The van der Waals surface area contributed by atoms with E-state index < -0.39 is 0 Å². The number of nitrogens with zero attached hydrogens (tertiary/aromatic N) is 1. The molecule has 3 rings (SSSR count). The molecule has 1 unspecified atom stereocenters. The van der Waals surface area contributed by atoms with Crippen molar-refractivity contribution in [3.8, 4) is 5.75 Å². The normalized spacial score (nSPS) is 15.6. The Morgan fingerprint density at radius 1 is 1.23 bits per heavy atom. The summed E-state index contributed by atoms with van der Waals surface area (Å²) in [6.45, 7) is 2.60. The molecule has 2 aromatic rings. The van der Waals surface area contributed by atoms with Crippen molar-refractivity contribution < 1.29 is 9.53 Å². The minimum atomic E-state index is -0.0675. The van der Waals surface area contributed by atoms with E-state index in [-0.39, 0.29) is 30.7 Å². The van der Waals surface area contributed by atoms with E-state index in [1.54, 1.807) is 31.4 Å².